The molecule has 10 nitrogen and oxygen atoms in total. The van der Waals surface area contributed by atoms with Gasteiger partial charge in [-0.15, -0.1) is 0 Å². The summed E-state index contributed by atoms with van der Waals surface area (Å²) in [6.45, 7) is 0. The van der Waals surface area contributed by atoms with E-state index in [1.165, 1.54) is 54.1 Å². The molecule has 0 bridgehead atoms. The van der Waals surface area contributed by atoms with Crippen LogP contribution in [-0.4, -0.2) is 48.2 Å². The Morgan fingerprint density at radius 3 is 1.01 bits per heavy atom. The molecular formula is C90H58N10. The zero-order chi connectivity index (χ0) is 66.0. The molecule has 0 radical (unpaired) electrons. The lowest BCUT2D eigenvalue weighted by atomic mass is 10.0. The lowest BCUT2D eigenvalue weighted by Gasteiger charge is -2.11. The summed E-state index contributed by atoms with van der Waals surface area (Å²) >= 11 is 0. The van der Waals surface area contributed by atoms with E-state index >= 15 is 0 Å². The smallest absolute Gasteiger partial charge is 0.234 e. The highest BCUT2D eigenvalue weighted by Crippen LogP contribution is 2.44. The first-order valence-corrected chi connectivity index (χ1v) is 33.6. The van der Waals surface area contributed by atoms with Crippen molar-refractivity contribution in [2.45, 2.75) is 0 Å². The number of fused-ring (bicyclic) bond motifs is 14. The van der Waals surface area contributed by atoms with Crippen molar-refractivity contribution in [2.24, 2.45) is 0 Å². The summed E-state index contributed by atoms with van der Waals surface area (Å²) in [5, 5.41) is 9.54. The minimum absolute atomic E-state index is 0.629. The first-order valence-electron chi connectivity index (χ1n) is 33.6. The average Bonchev–Trinajstić information content (AvgIpc) is 1.55. The fraction of sp³-hybridized carbons (Fsp3) is 0. The number of hydrogen-bond acceptors (Lipinski definition) is 6. The SMILES string of the molecule is c1ccc(-c2cc(-c3cnc(-n4c5ccccc5c5c4ccc4c6ccccc6n(-c6ccccc6)c45)cn3)cc(-c3ccccc3)n2)cc1.c1ccc(-c2cc(-c3cnc(-n4c5ccccc5c5ccc6c(c7ccccc7n6-c6ccccc6)c54)nc3)cc(-c3ccccc3)n2)cc1. The Balaban J connectivity index is 0.000000139. The monoisotopic (exact) mass is 1280 g/mol. The molecule has 8 aromatic heterocycles. The first-order chi connectivity index (χ1) is 49.6. The van der Waals surface area contributed by atoms with E-state index in [9.17, 15) is 0 Å². The number of pyridine rings is 2. The molecule has 0 atom stereocenters. The van der Waals surface area contributed by atoms with Gasteiger partial charge in [-0.25, -0.2) is 24.9 Å². The fourth-order valence-corrected chi connectivity index (χ4v) is 14.7. The zero-order valence-electron chi connectivity index (χ0n) is 54.0. The molecule has 0 aliphatic heterocycles. The van der Waals surface area contributed by atoms with Gasteiger partial charge in [-0.3, -0.25) is 14.1 Å². The second-order valence-electron chi connectivity index (χ2n) is 25.0. The molecule has 468 valence electrons. The molecule has 100 heavy (non-hydrogen) atoms. The number of benzene rings is 12. The van der Waals surface area contributed by atoms with Crippen LogP contribution in [0.3, 0.4) is 0 Å². The van der Waals surface area contributed by atoms with Crippen LogP contribution in [0.2, 0.25) is 0 Å². The van der Waals surface area contributed by atoms with Crippen LogP contribution in [0.1, 0.15) is 0 Å². The Hall–Kier alpha value is -13.7. The second kappa shape index (κ2) is 24.2. The highest BCUT2D eigenvalue weighted by atomic mass is 15.2. The van der Waals surface area contributed by atoms with E-state index in [4.69, 9.17) is 29.9 Å². The van der Waals surface area contributed by atoms with Gasteiger partial charge in [0.15, 0.2) is 5.82 Å². The Bertz CT molecular complexity index is 6350. The van der Waals surface area contributed by atoms with Gasteiger partial charge >= 0.3 is 0 Å². The molecule has 0 unspecified atom stereocenters. The summed E-state index contributed by atoms with van der Waals surface area (Å²) < 4.78 is 9.23. The van der Waals surface area contributed by atoms with Crippen molar-refractivity contribution in [3.8, 4) is 90.6 Å². The summed E-state index contributed by atoms with van der Waals surface area (Å²) in [4.78, 5) is 30.4. The van der Waals surface area contributed by atoms with Crippen LogP contribution in [0.5, 0.6) is 0 Å². The van der Waals surface area contributed by atoms with Crippen LogP contribution in [0.25, 0.3) is 178 Å². The van der Waals surface area contributed by atoms with Gasteiger partial charge in [0, 0.05) is 100 Å². The number of hydrogen-bond donors (Lipinski definition) is 0. The maximum absolute atomic E-state index is 5.08. The Kier molecular flexibility index (Phi) is 14.0. The maximum atomic E-state index is 5.08. The van der Waals surface area contributed by atoms with E-state index in [0.717, 1.165) is 118 Å². The minimum atomic E-state index is 0.629. The Labute approximate surface area is 575 Å². The standard InChI is InChI=1S/2C45H29N5/c1-4-14-30(15-5-1)38-26-32(27-39(48-38)31-16-6-2-7-17-31)33-28-46-45(47-29-33)50-40-22-12-10-20-35(40)36-24-25-42-43(44(36)50)37-21-11-13-23-41(37)49(42)34-18-8-3-9-19-34;1-4-14-30(15-5-1)37-26-32(27-38(48-37)31-16-6-2-7-17-31)39-28-47-43(29-46-39)50-41-23-13-11-21-36(41)44-42(50)25-24-35-34-20-10-12-22-40(34)49(45(35)44)33-18-8-3-9-19-33/h2*1-29H. The molecule has 0 saturated carbocycles. The summed E-state index contributed by atoms with van der Waals surface area (Å²) in [6, 6.07) is 114. The zero-order valence-corrected chi connectivity index (χ0v) is 54.0. The quantitative estimate of drug-likeness (QED) is 0.135. The second-order valence-corrected chi connectivity index (χ2v) is 25.0. The van der Waals surface area contributed by atoms with Crippen LogP contribution in [0, 0.1) is 0 Å². The predicted molar refractivity (Wildman–Crippen MR) is 410 cm³/mol. The molecule has 0 N–H and O–H groups in total. The van der Waals surface area contributed by atoms with Gasteiger partial charge in [0.25, 0.3) is 0 Å². The van der Waals surface area contributed by atoms with Crippen LogP contribution in [0.15, 0.2) is 352 Å². The van der Waals surface area contributed by atoms with Gasteiger partial charge in [-0.05, 0) is 90.5 Å². The Morgan fingerprint density at radius 1 is 0.200 bits per heavy atom. The van der Waals surface area contributed by atoms with Gasteiger partial charge in [0.2, 0.25) is 5.95 Å². The third-order valence-corrected chi connectivity index (χ3v) is 19.2. The van der Waals surface area contributed by atoms with Crippen LogP contribution in [0.4, 0.5) is 0 Å². The summed E-state index contributed by atoms with van der Waals surface area (Å²) in [7, 11) is 0. The van der Waals surface area contributed by atoms with Crippen molar-refractivity contribution in [3.63, 3.8) is 0 Å². The molecule has 20 aromatic rings. The van der Waals surface area contributed by atoms with Crippen molar-refractivity contribution < 1.29 is 0 Å². The molecule has 20 rings (SSSR count). The molecule has 8 heterocycles. The average molecular weight is 1280 g/mol. The number of aromatic nitrogens is 10. The van der Waals surface area contributed by atoms with Crippen molar-refractivity contribution >= 4 is 87.2 Å². The number of para-hydroxylation sites is 6. The van der Waals surface area contributed by atoms with Gasteiger partial charge in [0.1, 0.15) is 0 Å². The first kappa shape index (κ1) is 57.7. The Morgan fingerprint density at radius 2 is 0.560 bits per heavy atom. The fourth-order valence-electron chi connectivity index (χ4n) is 14.7. The van der Waals surface area contributed by atoms with Crippen molar-refractivity contribution in [3.05, 3.63) is 352 Å². The van der Waals surface area contributed by atoms with Crippen LogP contribution < -0.4 is 0 Å². The van der Waals surface area contributed by atoms with Gasteiger partial charge < -0.3 is 9.13 Å². The van der Waals surface area contributed by atoms with Crippen LogP contribution in [-0.2, 0) is 0 Å². The van der Waals surface area contributed by atoms with Crippen molar-refractivity contribution in [1.82, 2.24) is 48.2 Å². The minimum Gasteiger partial charge on any atom is -0.309 e. The van der Waals surface area contributed by atoms with Crippen molar-refractivity contribution in [2.75, 3.05) is 0 Å². The van der Waals surface area contributed by atoms with Gasteiger partial charge in [0.05, 0.1) is 85.0 Å². The molecule has 0 amide bonds. The summed E-state index contributed by atoms with van der Waals surface area (Å²) in [5.74, 6) is 1.40. The van der Waals surface area contributed by atoms with E-state index in [2.05, 4.69) is 273 Å². The molecular weight excluding hydrogens is 1220 g/mol. The van der Waals surface area contributed by atoms with E-state index in [-0.39, 0.29) is 0 Å². The van der Waals surface area contributed by atoms with E-state index in [1.807, 2.05) is 97.6 Å². The van der Waals surface area contributed by atoms with Crippen LogP contribution >= 0.6 is 0 Å². The van der Waals surface area contributed by atoms with Gasteiger partial charge in [-0.2, -0.15) is 0 Å². The molecule has 0 aliphatic rings. The largest absolute Gasteiger partial charge is 0.309 e. The van der Waals surface area contributed by atoms with E-state index < -0.39 is 0 Å². The molecule has 10 heteroatoms. The highest BCUT2D eigenvalue weighted by molar-refractivity contribution is 6.27. The third kappa shape index (κ3) is 9.80. The van der Waals surface area contributed by atoms with E-state index in [1.54, 1.807) is 0 Å². The highest BCUT2D eigenvalue weighted by Gasteiger charge is 2.24. The summed E-state index contributed by atoms with van der Waals surface area (Å²) in [5.41, 5.74) is 22.8. The van der Waals surface area contributed by atoms with E-state index in [0.29, 0.717) is 5.95 Å². The molecule has 0 fully saturated rings. The number of nitrogens with zero attached hydrogens (tertiary/aromatic N) is 10. The lowest BCUT2D eigenvalue weighted by molar-refractivity contribution is 0.992. The third-order valence-electron chi connectivity index (χ3n) is 19.2. The molecule has 0 saturated heterocycles. The molecule has 12 aromatic carbocycles. The lowest BCUT2D eigenvalue weighted by Crippen LogP contribution is -2.01. The molecule has 0 aliphatic carbocycles. The van der Waals surface area contributed by atoms with Crippen molar-refractivity contribution in [1.29, 1.82) is 0 Å². The normalized spacial score (nSPS) is 11.6. The molecule has 0 spiro atoms. The van der Waals surface area contributed by atoms with Gasteiger partial charge in [-0.1, -0.05) is 243 Å². The predicted octanol–water partition coefficient (Wildman–Crippen LogP) is 22.1. The number of rotatable bonds is 10. The maximum Gasteiger partial charge on any atom is 0.234 e. The topological polar surface area (TPSA) is 97.1 Å². The summed E-state index contributed by atoms with van der Waals surface area (Å²) in [6.07, 6.45) is 7.65.